The van der Waals surface area contributed by atoms with Crippen LogP contribution in [-0.4, -0.2) is 37.1 Å². The maximum absolute atomic E-state index is 12.3. The van der Waals surface area contributed by atoms with Crippen LogP contribution in [0, 0.1) is 12.3 Å². The van der Waals surface area contributed by atoms with E-state index in [4.69, 9.17) is 19.6 Å². The predicted octanol–water partition coefficient (Wildman–Crippen LogP) is 3.52. The van der Waals surface area contributed by atoms with E-state index < -0.39 is 0 Å². The van der Waals surface area contributed by atoms with Crippen molar-refractivity contribution in [1.29, 1.82) is 5.41 Å². The Labute approximate surface area is 187 Å². The minimum Gasteiger partial charge on any atom is -0.468 e. The number of nitrogens with one attached hydrogen (secondary N) is 3. The number of pyridine rings is 1. The lowest BCUT2D eigenvalue weighted by molar-refractivity contribution is -0.123. The SMILES string of the molecule is CNc1nc(OCC(=O)NCc2ccc3c(c2)OCO3)cc(C)c1C(=N)c1ccccc1.[HH]. The van der Waals surface area contributed by atoms with Gasteiger partial charge in [-0.1, -0.05) is 36.4 Å². The van der Waals surface area contributed by atoms with Crippen molar-refractivity contribution >= 4 is 17.4 Å². The van der Waals surface area contributed by atoms with E-state index >= 15 is 0 Å². The molecule has 0 unspecified atom stereocenters. The normalized spacial score (nSPS) is 11.7. The fourth-order valence-corrected chi connectivity index (χ4v) is 3.40. The second kappa shape index (κ2) is 9.38. The molecule has 0 aliphatic carbocycles. The topological polar surface area (TPSA) is 106 Å². The van der Waals surface area contributed by atoms with Gasteiger partial charge in [-0.15, -0.1) is 0 Å². The minimum atomic E-state index is -0.269. The number of hydrogen-bond acceptors (Lipinski definition) is 7. The van der Waals surface area contributed by atoms with Crippen LogP contribution in [0.25, 0.3) is 0 Å². The number of fused-ring (bicyclic) bond motifs is 1. The number of aromatic nitrogens is 1. The number of anilines is 1. The van der Waals surface area contributed by atoms with Crippen LogP contribution in [0.5, 0.6) is 17.4 Å². The summed E-state index contributed by atoms with van der Waals surface area (Å²) in [6.07, 6.45) is 0. The molecule has 166 valence electrons. The van der Waals surface area contributed by atoms with Crippen LogP contribution in [0.3, 0.4) is 0 Å². The third-order valence-corrected chi connectivity index (χ3v) is 5.02. The van der Waals surface area contributed by atoms with Gasteiger partial charge in [0.1, 0.15) is 5.82 Å². The van der Waals surface area contributed by atoms with Gasteiger partial charge in [0.25, 0.3) is 5.91 Å². The van der Waals surface area contributed by atoms with Crippen LogP contribution in [0.1, 0.15) is 23.7 Å². The number of amides is 1. The van der Waals surface area contributed by atoms with Crippen LogP contribution in [0.2, 0.25) is 0 Å². The van der Waals surface area contributed by atoms with Gasteiger partial charge in [-0.3, -0.25) is 10.2 Å². The zero-order valence-electron chi connectivity index (χ0n) is 17.9. The molecule has 0 radical (unpaired) electrons. The van der Waals surface area contributed by atoms with Gasteiger partial charge in [0, 0.05) is 32.2 Å². The summed E-state index contributed by atoms with van der Waals surface area (Å²) in [6.45, 7) is 2.28. The van der Waals surface area contributed by atoms with E-state index in [0.29, 0.717) is 41.0 Å². The molecule has 4 rings (SSSR count). The first-order valence-electron chi connectivity index (χ1n) is 10.2. The average Bonchev–Trinajstić information content (AvgIpc) is 3.29. The molecule has 0 bridgehead atoms. The minimum absolute atomic E-state index is 0. The average molecular weight is 434 g/mol. The van der Waals surface area contributed by atoms with E-state index in [0.717, 1.165) is 16.7 Å². The van der Waals surface area contributed by atoms with E-state index in [-0.39, 0.29) is 20.7 Å². The monoisotopic (exact) mass is 434 g/mol. The van der Waals surface area contributed by atoms with Crippen LogP contribution in [0.15, 0.2) is 54.6 Å². The second-order valence-electron chi connectivity index (χ2n) is 7.25. The van der Waals surface area contributed by atoms with Crippen molar-refractivity contribution in [2.45, 2.75) is 13.5 Å². The Hall–Kier alpha value is -4.07. The van der Waals surface area contributed by atoms with Gasteiger partial charge in [-0.05, 0) is 30.2 Å². The lowest BCUT2D eigenvalue weighted by Gasteiger charge is -2.15. The molecule has 0 spiro atoms. The van der Waals surface area contributed by atoms with Crippen LogP contribution < -0.4 is 24.8 Å². The standard InChI is InChI=1S/C24H24N4O4.H2/c1-15-10-21(28-24(26-2)22(15)23(25)17-6-4-3-5-7-17)30-13-20(29)27-12-16-8-9-18-19(11-16)32-14-31-18;/h3-11,25H,12-14H2,1-2H3,(H,26,28)(H,27,29);1H. The summed E-state index contributed by atoms with van der Waals surface area (Å²) >= 11 is 0. The molecule has 0 saturated carbocycles. The molecule has 1 aliphatic heterocycles. The highest BCUT2D eigenvalue weighted by Crippen LogP contribution is 2.32. The first-order valence-corrected chi connectivity index (χ1v) is 10.2. The maximum atomic E-state index is 12.3. The van der Waals surface area contributed by atoms with Crippen molar-refractivity contribution in [3.63, 3.8) is 0 Å². The molecule has 1 aromatic heterocycles. The summed E-state index contributed by atoms with van der Waals surface area (Å²) in [4.78, 5) is 16.7. The zero-order chi connectivity index (χ0) is 22.5. The molecule has 0 saturated heterocycles. The van der Waals surface area contributed by atoms with Gasteiger partial charge in [-0.2, -0.15) is 4.98 Å². The smallest absolute Gasteiger partial charge is 0.258 e. The van der Waals surface area contributed by atoms with Crippen molar-refractivity contribution in [2.24, 2.45) is 0 Å². The molecular formula is C24H26N4O4. The van der Waals surface area contributed by atoms with E-state index in [1.165, 1.54) is 0 Å². The van der Waals surface area contributed by atoms with Crippen molar-refractivity contribution < 1.29 is 20.4 Å². The van der Waals surface area contributed by atoms with Crippen LogP contribution in [-0.2, 0) is 11.3 Å². The Morgan fingerprint density at radius 2 is 1.94 bits per heavy atom. The molecule has 2 heterocycles. The third-order valence-electron chi connectivity index (χ3n) is 5.02. The Balaban J connectivity index is 0.00000306. The summed E-state index contributed by atoms with van der Waals surface area (Å²) < 4.78 is 16.3. The largest absolute Gasteiger partial charge is 0.468 e. The van der Waals surface area contributed by atoms with Gasteiger partial charge < -0.3 is 24.8 Å². The first-order chi connectivity index (χ1) is 15.5. The Morgan fingerprint density at radius 1 is 1.16 bits per heavy atom. The summed E-state index contributed by atoms with van der Waals surface area (Å²) in [6, 6.07) is 16.7. The van der Waals surface area contributed by atoms with E-state index in [2.05, 4.69) is 15.6 Å². The maximum Gasteiger partial charge on any atom is 0.258 e. The molecule has 3 aromatic rings. The number of carbonyl (C=O) groups is 1. The molecule has 8 nitrogen and oxygen atoms in total. The van der Waals surface area contributed by atoms with Crippen LogP contribution in [0.4, 0.5) is 5.82 Å². The fraction of sp³-hybridized carbons (Fsp3) is 0.208. The highest BCUT2D eigenvalue weighted by molar-refractivity contribution is 6.14. The van der Waals surface area contributed by atoms with E-state index in [1.807, 2.05) is 55.5 Å². The molecule has 1 aliphatic rings. The zero-order valence-corrected chi connectivity index (χ0v) is 17.9. The predicted molar refractivity (Wildman–Crippen MR) is 123 cm³/mol. The van der Waals surface area contributed by atoms with E-state index in [1.54, 1.807) is 13.1 Å². The Bertz CT molecular complexity index is 1150. The van der Waals surface area contributed by atoms with Gasteiger partial charge in [-0.25, -0.2) is 0 Å². The van der Waals surface area contributed by atoms with Gasteiger partial charge >= 0.3 is 0 Å². The number of benzene rings is 2. The molecule has 0 fully saturated rings. The molecule has 0 atom stereocenters. The number of nitrogens with zero attached hydrogens (tertiary/aromatic N) is 1. The molecule has 32 heavy (non-hydrogen) atoms. The molecule has 1 amide bonds. The summed E-state index contributed by atoms with van der Waals surface area (Å²) in [5, 5.41) is 14.4. The number of rotatable bonds is 8. The lowest BCUT2D eigenvalue weighted by Crippen LogP contribution is -2.28. The fourth-order valence-electron chi connectivity index (χ4n) is 3.40. The van der Waals surface area contributed by atoms with Crippen molar-refractivity contribution in [2.75, 3.05) is 25.8 Å². The van der Waals surface area contributed by atoms with Gasteiger partial charge in [0.05, 0.1) is 5.71 Å². The summed E-state index contributed by atoms with van der Waals surface area (Å²) in [5.74, 6) is 1.95. The van der Waals surface area contributed by atoms with Gasteiger partial charge in [0.2, 0.25) is 12.7 Å². The Morgan fingerprint density at radius 3 is 2.72 bits per heavy atom. The highest BCUT2D eigenvalue weighted by Gasteiger charge is 2.17. The Kier molecular flexibility index (Phi) is 6.21. The number of carbonyl (C=O) groups excluding carboxylic acids is 1. The van der Waals surface area contributed by atoms with Crippen molar-refractivity contribution in [3.8, 4) is 17.4 Å². The van der Waals surface area contributed by atoms with Crippen LogP contribution >= 0.6 is 0 Å². The first kappa shape index (κ1) is 21.2. The number of aryl methyl sites for hydroxylation is 1. The molecular weight excluding hydrogens is 408 g/mol. The number of ether oxygens (including phenoxy) is 3. The quantitative estimate of drug-likeness (QED) is 0.469. The third kappa shape index (κ3) is 4.64. The number of hydrogen-bond donors (Lipinski definition) is 3. The van der Waals surface area contributed by atoms with Crippen molar-refractivity contribution in [3.05, 3.63) is 76.9 Å². The van der Waals surface area contributed by atoms with Crippen molar-refractivity contribution in [1.82, 2.24) is 10.3 Å². The second-order valence-corrected chi connectivity index (χ2v) is 7.25. The molecule has 2 aromatic carbocycles. The lowest BCUT2D eigenvalue weighted by atomic mass is 9.99. The summed E-state index contributed by atoms with van der Waals surface area (Å²) in [5.41, 5.74) is 3.59. The summed E-state index contributed by atoms with van der Waals surface area (Å²) in [7, 11) is 1.74. The van der Waals surface area contributed by atoms with Gasteiger partial charge in [0.15, 0.2) is 18.1 Å². The molecule has 3 N–H and O–H groups in total. The highest BCUT2D eigenvalue weighted by atomic mass is 16.7. The molecule has 8 heteroatoms. The van der Waals surface area contributed by atoms with E-state index in [9.17, 15) is 4.79 Å².